The standard InChI is InChI=1S/C11H10F4N2O2.C11H13FN2O2.C11H14N2O2.C10H11BrN2O2.2C10H11FN2O2/c12-8-2-1-6(3-7(8)11(13,14)15)5-17-10(19)9(18)4-16;1-7-4-8(2-3-9(7)12)6-14-11(16)10(15)5-13;1-8-2-4-9(5-3-8)7-13-11(15)10(14)6-12;11-8-3-1-7(2-4-8)6-13-10(15)9(14)5-12;11-8-3-1-2-7(4-8)6-13-10(15)9(14)5-12;11-8-4-2-1-3-7(8)6-13-10(15)9(14)5-12/h1-3H,4-5,16H2,(H,17,19);2-4H,5-6,13H2,1H3,(H,14,16);2-5H,6-7,12H2,1H3,(H,13,15);3*1-4H,5-6,12H2,(H,13,15). The molecule has 0 saturated carbocycles. The van der Waals surface area contributed by atoms with Crippen molar-refractivity contribution in [3.05, 3.63) is 211 Å². The number of halogens is 8. The number of hydrogen-bond acceptors (Lipinski definition) is 18. The van der Waals surface area contributed by atoms with Crippen molar-refractivity contribution in [1.82, 2.24) is 31.9 Å². The zero-order valence-corrected chi connectivity index (χ0v) is 52.7. The molecule has 18 N–H and O–H groups in total. The van der Waals surface area contributed by atoms with Crippen LogP contribution >= 0.6 is 15.9 Å². The maximum absolute atomic E-state index is 13.1. The van der Waals surface area contributed by atoms with Crippen molar-refractivity contribution in [2.24, 2.45) is 34.4 Å². The third-order valence-corrected chi connectivity index (χ3v) is 12.3. The lowest BCUT2D eigenvalue weighted by Gasteiger charge is -2.10. The molecule has 0 atom stereocenters. The van der Waals surface area contributed by atoms with Gasteiger partial charge in [0.1, 0.15) is 23.3 Å². The van der Waals surface area contributed by atoms with Crippen LogP contribution in [0.3, 0.4) is 0 Å². The molecule has 0 aliphatic carbocycles. The lowest BCUT2D eigenvalue weighted by molar-refractivity contribution is -0.140. The van der Waals surface area contributed by atoms with E-state index in [0.717, 1.165) is 32.8 Å². The van der Waals surface area contributed by atoms with Crippen molar-refractivity contribution >= 4 is 86.1 Å². The molecule has 0 heterocycles. The van der Waals surface area contributed by atoms with Gasteiger partial charge in [0.15, 0.2) is 0 Å². The molecule has 0 aliphatic heterocycles. The fraction of sp³-hybridized carbons (Fsp3) is 0.238. The summed E-state index contributed by atoms with van der Waals surface area (Å²) in [5, 5.41) is 14.1. The van der Waals surface area contributed by atoms with Gasteiger partial charge in [-0.2, -0.15) is 13.2 Å². The fourth-order valence-corrected chi connectivity index (χ4v) is 6.81. The van der Waals surface area contributed by atoms with Crippen LogP contribution in [0.5, 0.6) is 0 Å². The summed E-state index contributed by atoms with van der Waals surface area (Å²) in [6.07, 6.45) is -4.82. The summed E-state index contributed by atoms with van der Waals surface area (Å²) in [7, 11) is 0. The molecule has 6 rings (SSSR count). The Morgan fingerprint density at radius 3 is 1.04 bits per heavy atom. The Kier molecular flexibility index (Phi) is 38.8. The maximum Gasteiger partial charge on any atom is 0.419 e. The monoisotopic (exact) mass is 1400 g/mol. The number of alkyl halides is 3. The maximum atomic E-state index is 13.1. The largest absolute Gasteiger partial charge is 0.419 e. The number of nitrogens with one attached hydrogen (secondary N) is 6. The number of ketones is 6. The summed E-state index contributed by atoms with van der Waals surface area (Å²) < 4.78 is 89.9. The Morgan fingerprint density at radius 1 is 0.358 bits per heavy atom. The average molecular weight is 1400 g/mol. The van der Waals surface area contributed by atoms with Crippen molar-refractivity contribution in [3.8, 4) is 0 Å². The van der Waals surface area contributed by atoms with Gasteiger partial charge in [-0.05, 0) is 95.8 Å². The van der Waals surface area contributed by atoms with Gasteiger partial charge in [-0.15, -0.1) is 0 Å². The van der Waals surface area contributed by atoms with Crippen LogP contribution in [0.4, 0.5) is 30.7 Å². The van der Waals surface area contributed by atoms with E-state index >= 15 is 0 Å². The Morgan fingerprint density at radius 2 is 0.684 bits per heavy atom. The second-order valence-corrected chi connectivity index (χ2v) is 20.0. The molecule has 0 aromatic heterocycles. The molecule has 24 nitrogen and oxygen atoms in total. The molecule has 6 aromatic rings. The highest BCUT2D eigenvalue weighted by Gasteiger charge is 2.34. The number of hydrogen-bond donors (Lipinski definition) is 12. The normalized spacial score (nSPS) is 10.1. The minimum atomic E-state index is -4.82. The molecule has 6 aromatic carbocycles. The minimum absolute atomic E-state index is 0.0166. The lowest BCUT2D eigenvalue weighted by Crippen LogP contribution is -2.34. The van der Waals surface area contributed by atoms with E-state index in [1.54, 1.807) is 37.3 Å². The van der Waals surface area contributed by atoms with E-state index in [1.165, 1.54) is 36.4 Å². The van der Waals surface area contributed by atoms with Crippen LogP contribution in [0, 0.1) is 37.1 Å². The summed E-state index contributed by atoms with van der Waals surface area (Å²) >= 11 is 3.30. The third-order valence-electron chi connectivity index (χ3n) is 11.8. The van der Waals surface area contributed by atoms with Crippen LogP contribution in [0.15, 0.2) is 138 Å². The van der Waals surface area contributed by atoms with Crippen LogP contribution in [-0.4, -0.2) is 109 Å². The zero-order chi connectivity index (χ0) is 71.8. The smallest absolute Gasteiger partial charge is 0.345 e. The number of Topliss-reactive ketones (excluding diaryl/α,β-unsaturated/α-hetero) is 6. The summed E-state index contributed by atoms with van der Waals surface area (Å²) in [5.74, 6) is -11.2. The summed E-state index contributed by atoms with van der Waals surface area (Å²) in [6.45, 7) is 2.27. The van der Waals surface area contributed by atoms with Crippen LogP contribution in [-0.2, 0) is 103 Å². The van der Waals surface area contributed by atoms with Gasteiger partial charge in [-0.1, -0.05) is 106 Å². The molecular weight excluding hydrogens is 1330 g/mol. The van der Waals surface area contributed by atoms with Gasteiger partial charge in [0, 0.05) is 49.3 Å². The topological polar surface area (TPSA) is 433 Å². The highest BCUT2D eigenvalue weighted by molar-refractivity contribution is 9.10. The first kappa shape index (κ1) is 82.9. The Hall–Kier alpha value is -10.1. The van der Waals surface area contributed by atoms with Gasteiger partial charge >= 0.3 is 6.18 Å². The van der Waals surface area contributed by atoms with E-state index in [0.29, 0.717) is 41.9 Å². The number of nitrogens with two attached hydrogens (primary N) is 6. The van der Waals surface area contributed by atoms with Gasteiger partial charge in [0.25, 0.3) is 35.4 Å². The van der Waals surface area contributed by atoms with Gasteiger partial charge in [-0.25, -0.2) is 17.6 Å². The first-order valence-corrected chi connectivity index (χ1v) is 28.6. The summed E-state index contributed by atoms with van der Waals surface area (Å²) in [4.78, 5) is 131. The van der Waals surface area contributed by atoms with E-state index in [-0.39, 0.29) is 76.1 Å². The molecule has 0 aliphatic rings. The molecular formula is C63H70BrF7N12O12. The van der Waals surface area contributed by atoms with Gasteiger partial charge in [0.2, 0.25) is 34.7 Å². The van der Waals surface area contributed by atoms with E-state index in [1.807, 2.05) is 55.5 Å². The molecule has 6 amide bonds. The van der Waals surface area contributed by atoms with Gasteiger partial charge in [0.05, 0.1) is 44.8 Å². The van der Waals surface area contributed by atoms with Crippen molar-refractivity contribution < 1.29 is 88.3 Å². The quantitative estimate of drug-likeness (QED) is 0.0304. The van der Waals surface area contributed by atoms with Gasteiger partial charge in [-0.3, -0.25) is 57.5 Å². The molecule has 0 saturated heterocycles. The number of amides is 6. The van der Waals surface area contributed by atoms with E-state index in [9.17, 15) is 88.3 Å². The molecule has 0 unspecified atom stereocenters. The first-order chi connectivity index (χ1) is 44.8. The predicted octanol–water partition coefficient (Wildman–Crippen LogP) is 1.94. The van der Waals surface area contributed by atoms with Crippen LogP contribution in [0.25, 0.3) is 0 Å². The van der Waals surface area contributed by atoms with Crippen molar-refractivity contribution in [3.63, 3.8) is 0 Å². The number of carbonyl (C=O) groups excluding carboxylic acids is 12. The average Bonchev–Trinajstić information content (AvgIpc) is 1.18. The number of rotatable bonds is 24. The first-order valence-electron chi connectivity index (χ1n) is 27.8. The predicted molar refractivity (Wildman–Crippen MR) is 336 cm³/mol. The van der Waals surface area contributed by atoms with Crippen molar-refractivity contribution in [2.75, 3.05) is 39.3 Å². The summed E-state index contributed by atoms with van der Waals surface area (Å²) in [6, 6.07) is 33.7. The SMILES string of the molecule is Cc1cc(CNC(=O)C(=O)CN)ccc1F.Cc1ccc(CNC(=O)C(=O)CN)cc1.NCC(=O)C(=O)NCc1ccc(Br)cc1.NCC(=O)C(=O)NCc1ccc(F)c(C(F)(F)F)c1.NCC(=O)C(=O)NCc1cccc(F)c1.NCC(=O)C(=O)NCc1ccccc1F. The van der Waals surface area contributed by atoms with Crippen LogP contribution < -0.4 is 66.3 Å². The highest BCUT2D eigenvalue weighted by atomic mass is 79.9. The zero-order valence-electron chi connectivity index (χ0n) is 51.1. The molecule has 0 bridgehead atoms. The van der Waals surface area contributed by atoms with Crippen molar-refractivity contribution in [1.29, 1.82) is 0 Å². The van der Waals surface area contributed by atoms with E-state index < -0.39 is 100 Å². The minimum Gasteiger partial charge on any atom is -0.345 e. The Labute approximate surface area is 548 Å². The van der Waals surface area contributed by atoms with E-state index in [2.05, 4.69) is 47.8 Å². The third kappa shape index (κ3) is 33.9. The Balaban J connectivity index is 0.000000571. The van der Waals surface area contributed by atoms with Crippen LogP contribution in [0.1, 0.15) is 50.1 Å². The number of aryl methyl sites for hydroxylation is 2. The molecule has 510 valence electrons. The number of carbonyl (C=O) groups is 12. The molecule has 0 fully saturated rings. The van der Waals surface area contributed by atoms with Gasteiger partial charge < -0.3 is 66.3 Å². The Bertz CT molecular complexity index is 3530. The lowest BCUT2D eigenvalue weighted by atomic mass is 10.1. The van der Waals surface area contributed by atoms with E-state index in [4.69, 9.17) is 34.4 Å². The number of benzene rings is 6. The second-order valence-electron chi connectivity index (χ2n) is 19.1. The summed E-state index contributed by atoms with van der Waals surface area (Å²) in [5.41, 5.74) is 33.8. The molecule has 0 radical (unpaired) electrons. The molecule has 32 heteroatoms. The highest BCUT2D eigenvalue weighted by Crippen LogP contribution is 2.32. The van der Waals surface area contributed by atoms with Crippen molar-refractivity contribution in [2.45, 2.75) is 59.3 Å². The molecule has 0 spiro atoms. The fourth-order valence-electron chi connectivity index (χ4n) is 6.55. The second kappa shape index (κ2) is 44.5. The van der Waals surface area contributed by atoms with Crippen LogP contribution in [0.2, 0.25) is 0 Å². The molecule has 95 heavy (non-hydrogen) atoms.